The molecule has 0 spiro atoms. The summed E-state index contributed by atoms with van der Waals surface area (Å²) >= 11 is 7.08. The Labute approximate surface area is 191 Å². The van der Waals surface area contributed by atoms with Crippen LogP contribution in [0.1, 0.15) is 5.56 Å². The lowest BCUT2D eigenvalue weighted by molar-refractivity contribution is -0.113. The Morgan fingerprint density at radius 1 is 1.12 bits per heavy atom. The number of hydrogen-bond acceptors (Lipinski definition) is 4. The fourth-order valence-electron chi connectivity index (χ4n) is 3.14. The van der Waals surface area contributed by atoms with Crippen molar-refractivity contribution < 1.29 is 13.6 Å². The standard InChI is InChI=1S/C23H16ClF2N3O2S/c1-13-3-2-4-16(9-13)29-22(31)17-7-5-14(24)10-20(17)28-23(29)32-12-21(30)27-19-8-6-15(25)11-18(19)26/h2-11H,12H2,1H3,(H,27,30). The summed E-state index contributed by atoms with van der Waals surface area (Å²) in [5, 5.41) is 3.50. The molecule has 1 amide bonds. The van der Waals surface area contributed by atoms with Crippen LogP contribution in [-0.2, 0) is 4.79 Å². The summed E-state index contributed by atoms with van der Waals surface area (Å²) in [6.07, 6.45) is 0. The Morgan fingerprint density at radius 2 is 1.94 bits per heavy atom. The van der Waals surface area contributed by atoms with Crippen LogP contribution in [0.4, 0.5) is 14.5 Å². The summed E-state index contributed by atoms with van der Waals surface area (Å²) in [5.41, 5.74) is 1.52. The molecule has 0 bridgehead atoms. The van der Waals surface area contributed by atoms with Crippen LogP contribution in [-0.4, -0.2) is 21.2 Å². The first-order valence-electron chi connectivity index (χ1n) is 9.49. The predicted octanol–water partition coefficient (Wildman–Crippen LogP) is 5.36. The van der Waals surface area contributed by atoms with E-state index in [1.807, 2.05) is 25.1 Å². The lowest BCUT2D eigenvalue weighted by atomic mass is 10.2. The number of nitrogens with zero attached hydrogens (tertiary/aromatic N) is 2. The van der Waals surface area contributed by atoms with Crippen molar-refractivity contribution in [3.63, 3.8) is 0 Å². The quantitative estimate of drug-likeness (QED) is 0.314. The van der Waals surface area contributed by atoms with Crippen molar-refractivity contribution in [1.82, 2.24) is 9.55 Å². The van der Waals surface area contributed by atoms with E-state index in [0.717, 1.165) is 29.5 Å². The first kappa shape index (κ1) is 22.0. The zero-order valence-corrected chi connectivity index (χ0v) is 18.3. The summed E-state index contributed by atoms with van der Waals surface area (Å²) in [4.78, 5) is 30.2. The smallest absolute Gasteiger partial charge is 0.266 e. The molecule has 162 valence electrons. The van der Waals surface area contributed by atoms with Gasteiger partial charge in [0.1, 0.15) is 11.6 Å². The molecule has 4 aromatic rings. The van der Waals surface area contributed by atoms with Crippen LogP contribution in [0, 0.1) is 18.6 Å². The summed E-state index contributed by atoms with van der Waals surface area (Å²) in [6, 6.07) is 15.0. The number of carbonyl (C=O) groups is 1. The lowest BCUT2D eigenvalue weighted by Crippen LogP contribution is -2.23. The molecule has 0 radical (unpaired) electrons. The molecule has 0 aliphatic rings. The minimum absolute atomic E-state index is 0.133. The van der Waals surface area contributed by atoms with Crippen LogP contribution < -0.4 is 10.9 Å². The van der Waals surface area contributed by atoms with E-state index in [9.17, 15) is 18.4 Å². The third kappa shape index (κ3) is 4.66. The number of halogens is 3. The first-order valence-corrected chi connectivity index (χ1v) is 10.9. The van der Waals surface area contributed by atoms with E-state index < -0.39 is 17.5 Å². The molecular formula is C23H16ClF2N3O2S. The number of rotatable bonds is 5. The molecule has 5 nitrogen and oxygen atoms in total. The van der Waals surface area contributed by atoms with E-state index >= 15 is 0 Å². The van der Waals surface area contributed by atoms with Crippen LogP contribution in [0.25, 0.3) is 16.6 Å². The van der Waals surface area contributed by atoms with Gasteiger partial charge in [0.05, 0.1) is 28.0 Å². The fourth-order valence-corrected chi connectivity index (χ4v) is 4.12. The lowest BCUT2D eigenvalue weighted by Gasteiger charge is -2.14. The molecule has 3 aromatic carbocycles. The monoisotopic (exact) mass is 471 g/mol. The molecule has 4 rings (SSSR count). The maximum atomic E-state index is 13.8. The minimum atomic E-state index is -0.876. The summed E-state index contributed by atoms with van der Waals surface area (Å²) in [5.74, 6) is -2.30. The molecule has 1 aromatic heterocycles. The molecule has 0 unspecified atom stereocenters. The van der Waals surface area contributed by atoms with Gasteiger partial charge in [0.2, 0.25) is 5.91 Å². The SMILES string of the molecule is Cc1cccc(-n2c(SCC(=O)Nc3ccc(F)cc3F)nc3cc(Cl)ccc3c2=O)c1. The second kappa shape index (κ2) is 9.10. The molecular weight excluding hydrogens is 456 g/mol. The number of thioether (sulfide) groups is 1. The van der Waals surface area contributed by atoms with E-state index in [0.29, 0.717) is 27.7 Å². The Hall–Kier alpha value is -3.23. The van der Waals surface area contributed by atoms with Crippen LogP contribution >= 0.6 is 23.4 Å². The molecule has 0 fully saturated rings. The zero-order chi connectivity index (χ0) is 22.8. The molecule has 9 heteroatoms. The van der Waals surface area contributed by atoms with Gasteiger partial charge in [-0.15, -0.1) is 0 Å². The van der Waals surface area contributed by atoms with Gasteiger partial charge in [-0.25, -0.2) is 13.8 Å². The molecule has 0 aliphatic heterocycles. The second-order valence-corrected chi connectivity index (χ2v) is 8.38. The van der Waals surface area contributed by atoms with Crippen molar-refractivity contribution >= 4 is 45.9 Å². The van der Waals surface area contributed by atoms with Crippen LogP contribution in [0.3, 0.4) is 0 Å². The number of carbonyl (C=O) groups excluding carboxylic acids is 1. The average molecular weight is 472 g/mol. The molecule has 1 N–H and O–H groups in total. The highest BCUT2D eigenvalue weighted by Gasteiger charge is 2.16. The topological polar surface area (TPSA) is 64.0 Å². The summed E-state index contributed by atoms with van der Waals surface area (Å²) in [6.45, 7) is 1.90. The molecule has 1 heterocycles. The maximum absolute atomic E-state index is 13.8. The van der Waals surface area contributed by atoms with E-state index in [2.05, 4.69) is 10.3 Å². The van der Waals surface area contributed by atoms with Crippen LogP contribution in [0.2, 0.25) is 5.02 Å². The Kier molecular flexibility index (Phi) is 6.25. The predicted molar refractivity (Wildman–Crippen MR) is 123 cm³/mol. The van der Waals surface area contributed by atoms with Crippen molar-refractivity contribution in [1.29, 1.82) is 0 Å². The number of aryl methyl sites for hydroxylation is 1. The highest BCUT2D eigenvalue weighted by molar-refractivity contribution is 7.99. The Balaban J connectivity index is 1.69. The summed E-state index contributed by atoms with van der Waals surface area (Å²) < 4.78 is 28.3. The van der Waals surface area contributed by atoms with Gasteiger partial charge in [-0.05, 0) is 55.0 Å². The largest absolute Gasteiger partial charge is 0.323 e. The van der Waals surface area contributed by atoms with Gasteiger partial charge in [-0.2, -0.15) is 0 Å². The Bertz CT molecular complexity index is 1410. The van der Waals surface area contributed by atoms with Gasteiger partial charge in [-0.3, -0.25) is 14.2 Å². The van der Waals surface area contributed by atoms with Gasteiger partial charge in [0.25, 0.3) is 5.56 Å². The number of aromatic nitrogens is 2. The molecule has 0 saturated heterocycles. The van der Waals surface area contributed by atoms with Gasteiger partial charge < -0.3 is 5.32 Å². The van der Waals surface area contributed by atoms with Gasteiger partial charge in [0, 0.05) is 11.1 Å². The van der Waals surface area contributed by atoms with Gasteiger partial charge in [-0.1, -0.05) is 35.5 Å². The third-order valence-electron chi connectivity index (χ3n) is 4.60. The average Bonchev–Trinajstić information content (AvgIpc) is 2.74. The Morgan fingerprint density at radius 3 is 2.69 bits per heavy atom. The van der Waals surface area contributed by atoms with Crippen LogP contribution in [0.15, 0.2) is 70.6 Å². The maximum Gasteiger partial charge on any atom is 0.266 e. The van der Waals surface area contributed by atoms with Crippen molar-refractivity contribution in [2.24, 2.45) is 0 Å². The number of anilines is 1. The highest BCUT2D eigenvalue weighted by atomic mass is 35.5. The van der Waals surface area contributed by atoms with E-state index in [1.54, 1.807) is 24.3 Å². The number of hydrogen-bond donors (Lipinski definition) is 1. The van der Waals surface area contributed by atoms with E-state index in [4.69, 9.17) is 11.6 Å². The number of fused-ring (bicyclic) bond motifs is 1. The third-order valence-corrected chi connectivity index (χ3v) is 5.77. The molecule has 0 saturated carbocycles. The minimum Gasteiger partial charge on any atom is -0.323 e. The van der Waals surface area contributed by atoms with E-state index in [1.165, 1.54) is 4.57 Å². The first-order chi connectivity index (χ1) is 15.3. The van der Waals surface area contributed by atoms with Gasteiger partial charge >= 0.3 is 0 Å². The zero-order valence-electron chi connectivity index (χ0n) is 16.7. The van der Waals surface area contributed by atoms with Crippen molar-refractivity contribution in [3.8, 4) is 5.69 Å². The number of amides is 1. The van der Waals surface area contributed by atoms with Crippen molar-refractivity contribution in [2.75, 3.05) is 11.1 Å². The molecule has 0 aliphatic carbocycles. The fraction of sp³-hybridized carbons (Fsp3) is 0.0870. The van der Waals surface area contributed by atoms with Crippen molar-refractivity contribution in [3.05, 3.63) is 93.2 Å². The summed E-state index contributed by atoms with van der Waals surface area (Å²) in [7, 11) is 0. The highest BCUT2D eigenvalue weighted by Crippen LogP contribution is 2.24. The van der Waals surface area contributed by atoms with Crippen molar-refractivity contribution in [2.45, 2.75) is 12.1 Å². The van der Waals surface area contributed by atoms with Gasteiger partial charge in [0.15, 0.2) is 5.16 Å². The van der Waals surface area contributed by atoms with E-state index in [-0.39, 0.29) is 22.2 Å². The molecule has 32 heavy (non-hydrogen) atoms. The normalized spacial score (nSPS) is 11.0. The van der Waals surface area contributed by atoms with Crippen LogP contribution in [0.5, 0.6) is 0 Å². The number of benzene rings is 3. The number of nitrogens with one attached hydrogen (secondary N) is 1. The second-order valence-electron chi connectivity index (χ2n) is 7.00. The molecule has 0 atom stereocenters.